The monoisotopic (exact) mass is 748 g/mol. The molecular weight excluding hydrogens is 688 g/mol. The Morgan fingerprint density at radius 2 is 1.41 bits per heavy atom. The number of fused-ring (bicyclic) bond motifs is 5. The van der Waals surface area contributed by atoms with Crippen molar-refractivity contribution in [2.45, 2.75) is 141 Å². The van der Waals surface area contributed by atoms with Crippen LogP contribution >= 0.6 is 0 Å². The molecule has 0 spiro atoms. The van der Waals surface area contributed by atoms with Crippen molar-refractivity contribution >= 4 is 29.8 Å². The highest BCUT2D eigenvalue weighted by atomic mass is 16.6. The first kappa shape index (κ1) is 35.9. The van der Waals surface area contributed by atoms with Crippen LogP contribution in [0.25, 0.3) is 0 Å². The van der Waals surface area contributed by atoms with Gasteiger partial charge in [-0.2, -0.15) is 0 Å². The highest BCUT2D eigenvalue weighted by molar-refractivity contribution is 6.00. The van der Waals surface area contributed by atoms with E-state index in [1.54, 1.807) is 13.8 Å². The second-order valence-corrected chi connectivity index (χ2v) is 21.9. The Morgan fingerprint density at radius 1 is 0.778 bits per heavy atom. The SMILES string of the molecule is CC1C(=O)OC(=O)C1C(C)(CC(C)(CC1C(C)C2CC1C1COC(=O)C21)C(=O)OC1(C)C2CC3CC(C2)CC1C3)C(=O)OC12CC3CC(CC(O)(C3)C1)C2. The molecule has 296 valence electrons. The molecule has 12 atom stereocenters. The van der Waals surface area contributed by atoms with Crippen molar-refractivity contribution in [2.24, 2.45) is 93.7 Å². The minimum atomic E-state index is -1.59. The van der Waals surface area contributed by atoms with Crippen LogP contribution in [0, 0.1) is 93.7 Å². The molecule has 1 N–H and O–H groups in total. The van der Waals surface area contributed by atoms with Gasteiger partial charge in [-0.25, -0.2) is 0 Å². The summed E-state index contributed by atoms with van der Waals surface area (Å²) in [7, 11) is 0. The van der Waals surface area contributed by atoms with E-state index in [9.17, 15) is 19.5 Å². The van der Waals surface area contributed by atoms with Gasteiger partial charge in [0.1, 0.15) is 11.2 Å². The molecule has 10 nitrogen and oxygen atoms in total. The third kappa shape index (κ3) is 5.08. The molecule has 10 aliphatic carbocycles. The second-order valence-electron chi connectivity index (χ2n) is 21.9. The number of carbonyl (C=O) groups excluding carboxylic acids is 5. The fraction of sp³-hybridized carbons (Fsp3) is 0.886. The molecule has 0 aromatic rings. The average molecular weight is 749 g/mol. The topological polar surface area (TPSA) is 143 Å². The third-order valence-electron chi connectivity index (χ3n) is 18.4. The molecule has 12 unspecified atom stereocenters. The molecule has 2 saturated heterocycles. The van der Waals surface area contributed by atoms with E-state index in [-0.39, 0.29) is 65.7 Å². The largest absolute Gasteiger partial charge is 0.465 e. The summed E-state index contributed by atoms with van der Waals surface area (Å²) in [6, 6.07) is 0. The van der Waals surface area contributed by atoms with E-state index < -0.39 is 57.4 Å². The highest BCUT2D eigenvalue weighted by Gasteiger charge is 2.67. The van der Waals surface area contributed by atoms with Crippen LogP contribution in [0.2, 0.25) is 0 Å². The van der Waals surface area contributed by atoms with E-state index in [0.717, 1.165) is 38.5 Å². The van der Waals surface area contributed by atoms with Gasteiger partial charge in [0.15, 0.2) is 0 Å². The molecule has 12 aliphatic rings. The van der Waals surface area contributed by atoms with Crippen LogP contribution in [0.15, 0.2) is 0 Å². The van der Waals surface area contributed by atoms with Crippen LogP contribution in [-0.4, -0.2) is 58.4 Å². The van der Waals surface area contributed by atoms with E-state index in [4.69, 9.17) is 18.9 Å². The zero-order valence-electron chi connectivity index (χ0n) is 32.8. The Balaban J connectivity index is 1.01. The molecule has 10 saturated carbocycles. The average Bonchev–Trinajstić information content (AvgIpc) is 3.79. The van der Waals surface area contributed by atoms with Crippen molar-refractivity contribution in [2.75, 3.05) is 6.61 Å². The van der Waals surface area contributed by atoms with Crippen molar-refractivity contribution in [3.05, 3.63) is 0 Å². The van der Waals surface area contributed by atoms with Gasteiger partial charge < -0.3 is 24.1 Å². The van der Waals surface area contributed by atoms with Crippen molar-refractivity contribution in [3.8, 4) is 0 Å². The number of aliphatic hydroxyl groups is 1. The summed E-state index contributed by atoms with van der Waals surface area (Å²) in [5, 5.41) is 11.6. The fourth-order valence-corrected chi connectivity index (χ4v) is 16.6. The summed E-state index contributed by atoms with van der Waals surface area (Å²) < 4.78 is 24.4. The van der Waals surface area contributed by atoms with Crippen LogP contribution in [0.3, 0.4) is 0 Å². The molecule has 2 aliphatic heterocycles. The number of cyclic esters (lactones) is 3. The molecule has 54 heavy (non-hydrogen) atoms. The van der Waals surface area contributed by atoms with Crippen LogP contribution in [-0.2, 0) is 42.9 Å². The maximum Gasteiger partial charge on any atom is 0.318 e. The van der Waals surface area contributed by atoms with E-state index in [0.29, 0.717) is 68.8 Å². The van der Waals surface area contributed by atoms with Gasteiger partial charge in [0.2, 0.25) is 0 Å². The second kappa shape index (κ2) is 11.6. The van der Waals surface area contributed by atoms with Gasteiger partial charge in [-0.05, 0) is 163 Å². The third-order valence-corrected chi connectivity index (χ3v) is 18.4. The Kier molecular flexibility index (Phi) is 7.68. The standard InChI is InChI=1S/C44H60O10/c1-21-29-12-30(32-18-51-36(46)33(29)32)31(21)17-40(3,38(48)53-42(5)27-8-23-6-24(10-27)11-28(42)9-23)19-41(4,34-22(2)35(45)52-37(34)47)39(49)54-44-15-25-7-26(16-44)14-43(50,13-25)20-44/h21-34,50H,6-20H2,1-5H3. The molecule has 2 heterocycles. The lowest BCUT2D eigenvalue weighted by molar-refractivity contribution is -0.231. The summed E-state index contributed by atoms with van der Waals surface area (Å²) in [6.07, 6.45) is 11.0. The maximum atomic E-state index is 15.4. The summed E-state index contributed by atoms with van der Waals surface area (Å²) in [5.74, 6) is -1.32. The quantitative estimate of drug-likeness (QED) is 0.165. The molecule has 0 amide bonds. The molecule has 12 rings (SSSR count). The summed E-state index contributed by atoms with van der Waals surface area (Å²) in [5.41, 5.74) is -5.14. The van der Waals surface area contributed by atoms with E-state index in [2.05, 4.69) is 13.8 Å². The van der Waals surface area contributed by atoms with Crippen molar-refractivity contribution in [1.29, 1.82) is 0 Å². The lowest BCUT2D eigenvalue weighted by Gasteiger charge is -2.60. The molecule has 10 bridgehead atoms. The summed E-state index contributed by atoms with van der Waals surface area (Å²) in [4.78, 5) is 70.2. The first-order chi connectivity index (χ1) is 25.4. The Hall–Kier alpha value is -2.49. The Labute approximate surface area is 318 Å². The van der Waals surface area contributed by atoms with E-state index in [1.807, 2.05) is 6.92 Å². The summed E-state index contributed by atoms with van der Waals surface area (Å²) in [6.45, 7) is 10.0. The number of ether oxygens (including phenoxy) is 4. The van der Waals surface area contributed by atoms with Gasteiger partial charge in [0.05, 0.1) is 40.8 Å². The van der Waals surface area contributed by atoms with Gasteiger partial charge in [-0.3, -0.25) is 24.0 Å². The van der Waals surface area contributed by atoms with E-state index >= 15 is 9.59 Å². The zero-order chi connectivity index (χ0) is 37.9. The van der Waals surface area contributed by atoms with Crippen LogP contribution < -0.4 is 0 Å². The van der Waals surface area contributed by atoms with E-state index in [1.165, 1.54) is 6.42 Å². The molecule has 0 radical (unpaired) electrons. The lowest BCUT2D eigenvalue weighted by atomic mass is 9.50. The first-order valence-electron chi connectivity index (χ1n) is 21.5. The minimum absolute atomic E-state index is 0.0386. The normalized spacial score (nSPS) is 52.5. The molecular formula is C44H60O10. The van der Waals surface area contributed by atoms with Crippen LogP contribution in [0.5, 0.6) is 0 Å². The van der Waals surface area contributed by atoms with Gasteiger partial charge in [0, 0.05) is 12.3 Å². The number of esters is 5. The van der Waals surface area contributed by atoms with Crippen LogP contribution in [0.4, 0.5) is 0 Å². The predicted molar refractivity (Wildman–Crippen MR) is 191 cm³/mol. The number of hydrogen-bond acceptors (Lipinski definition) is 10. The smallest absolute Gasteiger partial charge is 0.318 e. The summed E-state index contributed by atoms with van der Waals surface area (Å²) >= 11 is 0. The lowest BCUT2D eigenvalue weighted by Crippen LogP contribution is -2.62. The van der Waals surface area contributed by atoms with Gasteiger partial charge in [0.25, 0.3) is 0 Å². The molecule has 0 aromatic heterocycles. The Morgan fingerprint density at radius 3 is 2.00 bits per heavy atom. The van der Waals surface area contributed by atoms with Crippen molar-refractivity contribution in [3.63, 3.8) is 0 Å². The molecule has 0 aromatic carbocycles. The van der Waals surface area contributed by atoms with Gasteiger partial charge in [-0.1, -0.05) is 13.8 Å². The maximum absolute atomic E-state index is 15.4. The van der Waals surface area contributed by atoms with Gasteiger partial charge >= 0.3 is 29.8 Å². The minimum Gasteiger partial charge on any atom is -0.465 e. The number of hydrogen-bond donors (Lipinski definition) is 1. The first-order valence-corrected chi connectivity index (χ1v) is 21.5. The Bertz CT molecular complexity index is 1640. The zero-order valence-corrected chi connectivity index (χ0v) is 32.8. The van der Waals surface area contributed by atoms with Crippen molar-refractivity contribution < 1.29 is 48.0 Å². The number of rotatable bonds is 9. The van der Waals surface area contributed by atoms with Crippen LogP contribution in [0.1, 0.15) is 125 Å². The highest BCUT2D eigenvalue weighted by Crippen LogP contribution is 2.65. The molecule has 12 fully saturated rings. The van der Waals surface area contributed by atoms with Gasteiger partial charge in [-0.15, -0.1) is 0 Å². The van der Waals surface area contributed by atoms with Crippen molar-refractivity contribution in [1.82, 2.24) is 0 Å². The molecule has 10 heteroatoms. The number of carbonyl (C=O) groups is 5. The predicted octanol–water partition coefficient (Wildman–Crippen LogP) is 6.19. The fourth-order valence-electron chi connectivity index (χ4n) is 16.6.